The van der Waals surface area contributed by atoms with Crippen molar-refractivity contribution in [1.82, 2.24) is 4.31 Å². The van der Waals surface area contributed by atoms with Crippen LogP contribution in [0.3, 0.4) is 0 Å². The Balaban J connectivity index is 1.77. The number of halogens is 1. The van der Waals surface area contributed by atoms with Crippen molar-refractivity contribution in [3.63, 3.8) is 0 Å². The molecule has 29 heavy (non-hydrogen) atoms. The Kier molecular flexibility index (Phi) is 6.42. The molecule has 152 valence electrons. The molecule has 0 heterocycles. The zero-order chi connectivity index (χ0) is 21.1. The summed E-state index contributed by atoms with van der Waals surface area (Å²) >= 11 is 3.24. The predicted octanol–water partition coefficient (Wildman–Crippen LogP) is 4.07. The molecule has 0 aromatic heterocycles. The second-order valence-electron chi connectivity index (χ2n) is 6.33. The Labute approximate surface area is 179 Å². The molecule has 0 saturated heterocycles. The number of hydrogen-bond acceptors (Lipinski definition) is 4. The molecule has 0 atom stereocenters. The maximum absolute atomic E-state index is 12.8. The van der Waals surface area contributed by atoms with Gasteiger partial charge in [-0.3, -0.25) is 4.72 Å². The molecule has 6 nitrogen and oxygen atoms in total. The first-order chi connectivity index (χ1) is 13.7. The van der Waals surface area contributed by atoms with Crippen molar-refractivity contribution in [2.24, 2.45) is 0 Å². The molecule has 3 aromatic rings. The van der Waals surface area contributed by atoms with Crippen LogP contribution >= 0.6 is 15.9 Å². The van der Waals surface area contributed by atoms with Gasteiger partial charge in [0.15, 0.2) is 0 Å². The summed E-state index contributed by atoms with van der Waals surface area (Å²) in [6.45, 7) is 0.237. The van der Waals surface area contributed by atoms with Crippen LogP contribution in [0.1, 0.15) is 5.56 Å². The van der Waals surface area contributed by atoms with Crippen LogP contribution in [0.5, 0.6) is 0 Å². The Morgan fingerprint density at radius 2 is 1.48 bits per heavy atom. The molecule has 0 bridgehead atoms. The Morgan fingerprint density at radius 1 is 0.828 bits per heavy atom. The van der Waals surface area contributed by atoms with Gasteiger partial charge >= 0.3 is 0 Å². The number of rotatable bonds is 7. The van der Waals surface area contributed by atoms with E-state index in [1.54, 1.807) is 12.1 Å². The minimum absolute atomic E-state index is 0.0846. The van der Waals surface area contributed by atoms with Crippen LogP contribution in [0.4, 0.5) is 5.69 Å². The van der Waals surface area contributed by atoms with Crippen molar-refractivity contribution in [3.8, 4) is 0 Å². The van der Waals surface area contributed by atoms with Crippen molar-refractivity contribution < 1.29 is 16.8 Å². The van der Waals surface area contributed by atoms with Crippen LogP contribution in [0.25, 0.3) is 0 Å². The third kappa shape index (κ3) is 5.24. The summed E-state index contributed by atoms with van der Waals surface area (Å²) in [5, 5.41) is 0. The molecule has 9 heteroatoms. The summed E-state index contributed by atoms with van der Waals surface area (Å²) in [4.78, 5) is 0.188. The fraction of sp³-hybridized carbons (Fsp3) is 0.100. The van der Waals surface area contributed by atoms with E-state index in [0.29, 0.717) is 4.47 Å². The predicted molar refractivity (Wildman–Crippen MR) is 116 cm³/mol. The van der Waals surface area contributed by atoms with Gasteiger partial charge in [-0.2, -0.15) is 4.31 Å². The first-order valence-electron chi connectivity index (χ1n) is 8.57. The molecule has 0 aliphatic carbocycles. The summed E-state index contributed by atoms with van der Waals surface area (Å²) in [5.41, 5.74) is 1.15. The van der Waals surface area contributed by atoms with Gasteiger partial charge in [-0.25, -0.2) is 16.8 Å². The SMILES string of the molecule is CN(Cc1ccccc1)S(=O)(=O)c1ccc(NS(=O)(=O)c2cccc(Br)c2)cc1. The zero-order valence-corrected chi connectivity index (χ0v) is 18.7. The molecule has 0 amide bonds. The second kappa shape index (κ2) is 8.66. The fourth-order valence-electron chi connectivity index (χ4n) is 2.65. The molecule has 3 aromatic carbocycles. The summed E-state index contributed by atoms with van der Waals surface area (Å²) in [6.07, 6.45) is 0. The van der Waals surface area contributed by atoms with Crippen molar-refractivity contribution in [2.45, 2.75) is 16.3 Å². The van der Waals surface area contributed by atoms with Gasteiger partial charge in [-0.05, 0) is 48.0 Å². The van der Waals surface area contributed by atoms with Crippen LogP contribution in [-0.2, 0) is 26.6 Å². The van der Waals surface area contributed by atoms with Crippen LogP contribution in [-0.4, -0.2) is 28.2 Å². The minimum atomic E-state index is -3.78. The van der Waals surface area contributed by atoms with E-state index in [0.717, 1.165) is 5.56 Å². The molecule has 0 radical (unpaired) electrons. The quantitative estimate of drug-likeness (QED) is 0.536. The van der Waals surface area contributed by atoms with E-state index in [1.165, 1.54) is 47.8 Å². The highest BCUT2D eigenvalue weighted by Gasteiger charge is 2.21. The average Bonchev–Trinajstić information content (AvgIpc) is 2.69. The van der Waals surface area contributed by atoms with Gasteiger partial charge in [-0.15, -0.1) is 0 Å². The lowest BCUT2D eigenvalue weighted by Gasteiger charge is -2.17. The van der Waals surface area contributed by atoms with Crippen molar-refractivity contribution in [1.29, 1.82) is 0 Å². The van der Waals surface area contributed by atoms with Gasteiger partial charge in [0.1, 0.15) is 0 Å². The Hall–Kier alpha value is -2.20. The molecular weight excluding hydrogens is 476 g/mol. The smallest absolute Gasteiger partial charge is 0.261 e. The third-order valence-corrected chi connectivity index (χ3v) is 7.86. The molecule has 0 aliphatic heterocycles. The topological polar surface area (TPSA) is 83.6 Å². The molecule has 0 spiro atoms. The number of sulfonamides is 2. The highest BCUT2D eigenvalue weighted by molar-refractivity contribution is 9.10. The molecular formula is C20H19BrN2O4S2. The van der Waals surface area contributed by atoms with Gasteiger partial charge in [0.2, 0.25) is 10.0 Å². The van der Waals surface area contributed by atoms with Gasteiger partial charge in [-0.1, -0.05) is 52.3 Å². The lowest BCUT2D eigenvalue weighted by molar-refractivity contribution is 0.467. The van der Waals surface area contributed by atoms with E-state index < -0.39 is 20.0 Å². The van der Waals surface area contributed by atoms with Crippen LogP contribution < -0.4 is 4.72 Å². The van der Waals surface area contributed by atoms with Crippen molar-refractivity contribution in [2.75, 3.05) is 11.8 Å². The number of hydrogen-bond donors (Lipinski definition) is 1. The van der Waals surface area contributed by atoms with E-state index in [4.69, 9.17) is 0 Å². The maximum Gasteiger partial charge on any atom is 0.261 e. The monoisotopic (exact) mass is 494 g/mol. The van der Waals surface area contributed by atoms with Gasteiger partial charge in [0.25, 0.3) is 10.0 Å². The number of anilines is 1. The first kappa shape index (κ1) is 21.5. The Bertz CT molecular complexity index is 1200. The van der Waals surface area contributed by atoms with Crippen molar-refractivity contribution in [3.05, 3.63) is 88.9 Å². The highest BCUT2D eigenvalue weighted by atomic mass is 79.9. The Morgan fingerprint density at radius 3 is 2.10 bits per heavy atom. The lowest BCUT2D eigenvalue weighted by atomic mass is 10.2. The van der Waals surface area contributed by atoms with E-state index in [9.17, 15) is 16.8 Å². The number of nitrogens with zero attached hydrogens (tertiary/aromatic N) is 1. The molecule has 0 unspecified atom stereocenters. The van der Waals surface area contributed by atoms with Gasteiger partial charge in [0, 0.05) is 23.8 Å². The zero-order valence-electron chi connectivity index (χ0n) is 15.5. The number of benzene rings is 3. The summed E-state index contributed by atoms with van der Waals surface area (Å²) in [6, 6.07) is 21.2. The molecule has 1 N–H and O–H groups in total. The van der Waals surface area contributed by atoms with E-state index >= 15 is 0 Å². The molecule has 0 aliphatic rings. The molecule has 0 saturated carbocycles. The average molecular weight is 495 g/mol. The van der Waals surface area contributed by atoms with Crippen molar-refractivity contribution >= 4 is 41.7 Å². The standard InChI is InChI=1S/C20H19BrN2O4S2/c1-23(15-16-6-3-2-4-7-16)29(26,27)19-12-10-18(11-13-19)22-28(24,25)20-9-5-8-17(21)14-20/h2-14,22H,15H2,1H3. The highest BCUT2D eigenvalue weighted by Crippen LogP contribution is 2.22. The summed E-state index contributed by atoms with van der Waals surface area (Å²) < 4.78 is 54.9. The normalized spacial score (nSPS) is 12.1. The first-order valence-corrected chi connectivity index (χ1v) is 12.3. The van der Waals surface area contributed by atoms with Crippen LogP contribution in [0, 0.1) is 0 Å². The minimum Gasteiger partial charge on any atom is -0.280 e. The largest absolute Gasteiger partial charge is 0.280 e. The van der Waals surface area contributed by atoms with Crippen LogP contribution in [0.2, 0.25) is 0 Å². The fourth-order valence-corrected chi connectivity index (χ4v) is 5.46. The van der Waals surface area contributed by atoms with E-state index in [2.05, 4.69) is 20.7 Å². The van der Waals surface area contributed by atoms with Crippen LogP contribution in [0.15, 0.2) is 93.1 Å². The summed E-state index contributed by atoms with van der Waals surface area (Å²) in [7, 11) is -5.98. The molecule has 0 fully saturated rings. The van der Waals surface area contributed by atoms with Gasteiger partial charge < -0.3 is 0 Å². The van der Waals surface area contributed by atoms with E-state index in [-0.39, 0.29) is 22.0 Å². The number of nitrogens with one attached hydrogen (secondary N) is 1. The van der Waals surface area contributed by atoms with Gasteiger partial charge in [0.05, 0.1) is 9.79 Å². The maximum atomic E-state index is 12.8. The van der Waals surface area contributed by atoms with E-state index in [1.807, 2.05) is 30.3 Å². The third-order valence-electron chi connectivity index (χ3n) is 4.17. The second-order valence-corrected chi connectivity index (χ2v) is 11.0. The summed E-state index contributed by atoms with van der Waals surface area (Å²) in [5.74, 6) is 0. The lowest BCUT2D eigenvalue weighted by Crippen LogP contribution is -2.26. The molecule has 3 rings (SSSR count).